The van der Waals surface area contributed by atoms with Gasteiger partial charge in [-0.05, 0) is 12.1 Å². The first-order valence-electron chi connectivity index (χ1n) is 4.02. The van der Waals surface area contributed by atoms with E-state index in [0.29, 0.717) is 5.69 Å². The monoisotopic (exact) mass is 180 g/mol. The third kappa shape index (κ3) is 3.31. The molecule has 0 bridgehead atoms. The van der Waals surface area contributed by atoms with Crippen molar-refractivity contribution in [2.24, 2.45) is 0 Å². The molecule has 0 fully saturated rings. The van der Waals surface area contributed by atoms with Crippen molar-refractivity contribution in [1.82, 2.24) is 4.98 Å². The Kier molecular flexibility index (Phi) is 3.54. The molecule has 0 spiro atoms. The van der Waals surface area contributed by atoms with E-state index in [1.54, 1.807) is 24.3 Å². The third-order valence-electron chi connectivity index (χ3n) is 1.57. The van der Waals surface area contributed by atoms with Crippen molar-refractivity contribution in [3.63, 3.8) is 0 Å². The number of aliphatic hydroxyl groups excluding tert-OH is 2. The lowest BCUT2D eigenvalue weighted by molar-refractivity contribution is 0.0947. The van der Waals surface area contributed by atoms with Gasteiger partial charge in [0.25, 0.3) is 0 Å². The van der Waals surface area contributed by atoms with E-state index in [2.05, 4.69) is 4.98 Å². The van der Waals surface area contributed by atoms with Gasteiger partial charge in [0.2, 0.25) is 0 Å². The Morgan fingerprint density at radius 2 is 2.08 bits per heavy atom. The van der Waals surface area contributed by atoms with Crippen molar-refractivity contribution < 1.29 is 10.2 Å². The second kappa shape index (κ2) is 4.69. The highest BCUT2D eigenvalue weighted by Gasteiger charge is 2.03. The zero-order chi connectivity index (χ0) is 9.68. The number of nitrogens with one attached hydrogen (secondary N) is 1. The van der Waals surface area contributed by atoms with Crippen LogP contribution in [0.3, 0.4) is 0 Å². The molecular weight excluding hydrogens is 168 g/mol. The van der Waals surface area contributed by atoms with Crippen LogP contribution in [-0.4, -0.2) is 27.9 Å². The Labute approximate surface area is 76.0 Å². The predicted molar refractivity (Wildman–Crippen MR) is 46.9 cm³/mol. The van der Waals surface area contributed by atoms with Gasteiger partial charge in [-0.3, -0.25) is 5.41 Å². The van der Waals surface area contributed by atoms with E-state index >= 15 is 0 Å². The topological polar surface area (TPSA) is 77.2 Å². The van der Waals surface area contributed by atoms with Crippen molar-refractivity contribution >= 4 is 0 Å². The lowest BCUT2D eigenvalue weighted by Gasteiger charge is -2.03. The van der Waals surface area contributed by atoms with Crippen LogP contribution >= 0.6 is 0 Å². The van der Waals surface area contributed by atoms with Crippen LogP contribution in [-0.2, 0) is 6.42 Å². The summed E-state index contributed by atoms with van der Waals surface area (Å²) in [6.07, 6.45) is -0.522. The smallest absolute Gasteiger partial charge is 0.144 e. The molecule has 1 rings (SSSR count). The fraction of sp³-hybridized carbons (Fsp3) is 0.333. The molecule has 0 saturated heterocycles. The van der Waals surface area contributed by atoms with E-state index in [4.69, 9.17) is 15.6 Å². The normalized spacial score (nSPS) is 12.5. The minimum atomic E-state index is -0.797. The first kappa shape index (κ1) is 9.83. The van der Waals surface area contributed by atoms with Crippen LogP contribution in [0, 0.1) is 5.41 Å². The van der Waals surface area contributed by atoms with Crippen LogP contribution in [0.15, 0.2) is 24.3 Å². The van der Waals surface area contributed by atoms with Gasteiger partial charge in [-0.25, -0.2) is 4.98 Å². The molecule has 13 heavy (non-hydrogen) atoms. The maximum Gasteiger partial charge on any atom is 0.144 e. The summed E-state index contributed by atoms with van der Waals surface area (Å²) in [6, 6.07) is 6.75. The van der Waals surface area contributed by atoms with E-state index in [-0.39, 0.29) is 18.5 Å². The van der Waals surface area contributed by atoms with Crippen molar-refractivity contribution in [3.8, 4) is 0 Å². The summed E-state index contributed by atoms with van der Waals surface area (Å²) >= 11 is 0. The SMILES string of the molecule is N=c1ccccc(CC(O)CO)n1. The highest BCUT2D eigenvalue weighted by atomic mass is 16.3. The standard InChI is InChI=1S/C9H12N2O2/c10-9-4-2-1-3-7(11-9)5-8(13)6-12/h1-4,8,10,12-13H,5-6H2. The van der Waals surface area contributed by atoms with Crippen molar-refractivity contribution in [3.05, 3.63) is 35.4 Å². The molecule has 0 aliphatic heterocycles. The van der Waals surface area contributed by atoms with Crippen LogP contribution in [0.25, 0.3) is 0 Å². The predicted octanol–water partition coefficient (Wildman–Crippen LogP) is -0.543. The molecule has 1 atom stereocenters. The summed E-state index contributed by atoms with van der Waals surface area (Å²) in [7, 11) is 0. The van der Waals surface area contributed by atoms with E-state index in [0.717, 1.165) is 0 Å². The Balaban J connectivity index is 2.85. The second-order valence-electron chi connectivity index (χ2n) is 2.75. The van der Waals surface area contributed by atoms with Crippen molar-refractivity contribution in [2.45, 2.75) is 12.5 Å². The summed E-state index contributed by atoms with van der Waals surface area (Å²) < 4.78 is 0. The Bertz CT molecular complexity index is 327. The first-order chi connectivity index (χ1) is 6.22. The second-order valence-corrected chi connectivity index (χ2v) is 2.75. The van der Waals surface area contributed by atoms with Gasteiger partial charge >= 0.3 is 0 Å². The van der Waals surface area contributed by atoms with Crippen LogP contribution in [0.1, 0.15) is 5.69 Å². The minimum Gasteiger partial charge on any atom is -0.394 e. The zero-order valence-electron chi connectivity index (χ0n) is 7.14. The first-order valence-corrected chi connectivity index (χ1v) is 4.02. The Morgan fingerprint density at radius 3 is 2.77 bits per heavy atom. The zero-order valence-corrected chi connectivity index (χ0v) is 7.14. The molecule has 70 valence electrons. The lowest BCUT2D eigenvalue weighted by atomic mass is 10.2. The fourth-order valence-electron chi connectivity index (χ4n) is 0.962. The molecule has 1 unspecified atom stereocenters. The summed E-state index contributed by atoms with van der Waals surface area (Å²) in [5.74, 6) is 0. The van der Waals surface area contributed by atoms with Crippen LogP contribution < -0.4 is 5.49 Å². The van der Waals surface area contributed by atoms with Gasteiger partial charge < -0.3 is 10.2 Å². The number of hydrogen-bond donors (Lipinski definition) is 3. The van der Waals surface area contributed by atoms with Crippen molar-refractivity contribution in [1.29, 1.82) is 5.41 Å². The third-order valence-corrected chi connectivity index (χ3v) is 1.57. The van der Waals surface area contributed by atoms with E-state index in [9.17, 15) is 0 Å². The van der Waals surface area contributed by atoms with Gasteiger partial charge in [0.05, 0.1) is 12.7 Å². The largest absolute Gasteiger partial charge is 0.394 e. The average Bonchev–Trinajstić information content (AvgIpc) is 2.30. The average molecular weight is 180 g/mol. The number of aliphatic hydroxyl groups is 2. The Morgan fingerprint density at radius 1 is 1.38 bits per heavy atom. The van der Waals surface area contributed by atoms with Gasteiger partial charge in [-0.2, -0.15) is 0 Å². The summed E-state index contributed by atoms with van der Waals surface area (Å²) in [4.78, 5) is 3.92. The molecule has 0 saturated carbocycles. The molecule has 0 aliphatic rings. The fourth-order valence-corrected chi connectivity index (χ4v) is 0.962. The minimum absolute atomic E-state index is 0.158. The lowest BCUT2D eigenvalue weighted by Crippen LogP contribution is -2.17. The maximum absolute atomic E-state index is 9.13. The molecular formula is C9H12N2O2. The number of nitrogens with zero attached hydrogens (tertiary/aromatic N) is 1. The number of rotatable bonds is 3. The van der Waals surface area contributed by atoms with Crippen LogP contribution in [0.5, 0.6) is 0 Å². The van der Waals surface area contributed by atoms with Gasteiger partial charge in [-0.15, -0.1) is 0 Å². The summed E-state index contributed by atoms with van der Waals surface area (Å²) in [6.45, 7) is -0.284. The van der Waals surface area contributed by atoms with E-state index in [1.807, 2.05) is 0 Å². The quantitative estimate of drug-likeness (QED) is 0.584. The summed E-state index contributed by atoms with van der Waals surface area (Å²) in [5.41, 5.74) is 0.765. The van der Waals surface area contributed by atoms with Crippen LogP contribution in [0.2, 0.25) is 0 Å². The number of hydrogen-bond acceptors (Lipinski definition) is 4. The van der Waals surface area contributed by atoms with E-state index < -0.39 is 6.10 Å². The molecule has 1 aromatic heterocycles. The van der Waals surface area contributed by atoms with Gasteiger partial charge in [0.1, 0.15) is 5.49 Å². The van der Waals surface area contributed by atoms with Gasteiger partial charge in [-0.1, -0.05) is 12.1 Å². The molecule has 0 radical (unpaired) electrons. The molecule has 4 nitrogen and oxygen atoms in total. The molecule has 1 aromatic rings. The molecule has 0 aliphatic carbocycles. The Hall–Kier alpha value is -1.26. The summed E-state index contributed by atoms with van der Waals surface area (Å²) in [5, 5.41) is 25.0. The van der Waals surface area contributed by atoms with Crippen LogP contribution in [0.4, 0.5) is 0 Å². The highest BCUT2D eigenvalue weighted by Crippen LogP contribution is 1.95. The molecule has 3 N–H and O–H groups in total. The highest BCUT2D eigenvalue weighted by molar-refractivity contribution is 5.03. The van der Waals surface area contributed by atoms with Crippen molar-refractivity contribution in [2.75, 3.05) is 6.61 Å². The molecule has 0 amide bonds. The molecule has 4 heteroatoms. The van der Waals surface area contributed by atoms with E-state index in [1.165, 1.54) is 0 Å². The van der Waals surface area contributed by atoms with Gasteiger partial charge in [0, 0.05) is 12.1 Å². The molecule has 1 heterocycles. The number of aromatic nitrogens is 1. The molecule has 0 aromatic carbocycles. The maximum atomic E-state index is 9.13. The van der Waals surface area contributed by atoms with Gasteiger partial charge in [0.15, 0.2) is 0 Å².